The van der Waals surface area contributed by atoms with E-state index in [9.17, 15) is 4.21 Å². The van der Waals surface area contributed by atoms with Gasteiger partial charge >= 0.3 is 0 Å². The van der Waals surface area contributed by atoms with Crippen molar-refractivity contribution < 1.29 is 8.95 Å². The zero-order valence-electron chi connectivity index (χ0n) is 12.2. The van der Waals surface area contributed by atoms with Crippen LogP contribution in [0.5, 0.6) is 0 Å². The van der Waals surface area contributed by atoms with Crippen molar-refractivity contribution in [3.8, 4) is 11.3 Å². The lowest BCUT2D eigenvalue weighted by atomic mass is 10.2. The van der Waals surface area contributed by atoms with Gasteiger partial charge in [0.15, 0.2) is 0 Å². The van der Waals surface area contributed by atoms with Crippen LogP contribution in [-0.4, -0.2) is 45.2 Å². The average Bonchev–Trinajstić information content (AvgIpc) is 2.48. The van der Waals surface area contributed by atoms with Crippen molar-refractivity contribution >= 4 is 16.6 Å². The van der Waals surface area contributed by atoms with Crippen LogP contribution in [0.4, 0.5) is 5.82 Å². The first-order valence-electron chi connectivity index (χ1n) is 6.48. The van der Waals surface area contributed by atoms with Gasteiger partial charge in [-0.25, -0.2) is 15.0 Å². The van der Waals surface area contributed by atoms with E-state index in [0.717, 1.165) is 17.1 Å². The van der Waals surface area contributed by atoms with Crippen LogP contribution in [-0.2, 0) is 15.5 Å². The topological polar surface area (TPSA) is 77.0 Å². The van der Waals surface area contributed by atoms with E-state index in [2.05, 4.69) is 20.3 Å². The van der Waals surface area contributed by atoms with E-state index >= 15 is 0 Å². The van der Waals surface area contributed by atoms with Gasteiger partial charge in [-0.2, -0.15) is 0 Å². The lowest BCUT2D eigenvalue weighted by molar-refractivity contribution is 0.190. The van der Waals surface area contributed by atoms with E-state index in [1.807, 2.05) is 19.1 Å². The Morgan fingerprint density at radius 3 is 2.81 bits per heavy atom. The van der Waals surface area contributed by atoms with Crippen LogP contribution in [0.25, 0.3) is 11.3 Å². The van der Waals surface area contributed by atoms with Gasteiger partial charge in [-0.05, 0) is 25.1 Å². The summed E-state index contributed by atoms with van der Waals surface area (Å²) in [6.45, 7) is 2.61. The second-order valence-electron chi connectivity index (χ2n) is 4.61. The minimum Gasteiger partial charge on any atom is -0.383 e. The molecule has 2 heterocycles. The Hall–Kier alpha value is -1.86. The molecule has 0 aromatic carbocycles. The van der Waals surface area contributed by atoms with Crippen LogP contribution >= 0.6 is 0 Å². The maximum absolute atomic E-state index is 11.5. The van der Waals surface area contributed by atoms with Crippen molar-refractivity contribution in [3.05, 3.63) is 30.6 Å². The van der Waals surface area contributed by atoms with Gasteiger partial charge in [-0.15, -0.1) is 0 Å². The Bertz CT molecular complexity index is 636. The first-order chi connectivity index (χ1) is 10.1. The number of nitrogens with zero attached hydrogens (tertiary/aromatic N) is 3. The highest BCUT2D eigenvalue weighted by atomic mass is 32.2. The number of methoxy groups -OCH3 is 1. The number of rotatable bonds is 6. The van der Waals surface area contributed by atoms with Gasteiger partial charge in [-0.3, -0.25) is 4.21 Å². The third-order valence-electron chi connectivity index (χ3n) is 2.76. The zero-order chi connectivity index (χ0) is 15.2. The molecule has 2 atom stereocenters. The van der Waals surface area contributed by atoms with Crippen LogP contribution in [0, 0.1) is 0 Å². The molecule has 0 aliphatic carbocycles. The monoisotopic (exact) mass is 306 g/mol. The summed E-state index contributed by atoms with van der Waals surface area (Å²) in [5.74, 6) is 0.745. The molecule has 21 heavy (non-hydrogen) atoms. The summed E-state index contributed by atoms with van der Waals surface area (Å²) < 4.78 is 16.5. The summed E-state index contributed by atoms with van der Waals surface area (Å²) in [5, 5.41) is 3.58. The van der Waals surface area contributed by atoms with E-state index < -0.39 is 10.8 Å². The third kappa shape index (κ3) is 4.30. The minimum absolute atomic E-state index is 0.154. The largest absolute Gasteiger partial charge is 0.383 e. The molecule has 2 rings (SSSR count). The molecule has 0 amide bonds. The molecule has 0 spiro atoms. The Morgan fingerprint density at radius 2 is 2.10 bits per heavy atom. The Balaban J connectivity index is 2.24. The molecule has 2 aromatic rings. The van der Waals surface area contributed by atoms with Crippen LogP contribution in [0.3, 0.4) is 0 Å². The molecular weight excluding hydrogens is 288 g/mol. The Morgan fingerprint density at radius 1 is 1.33 bits per heavy atom. The number of ether oxygens (including phenoxy) is 1. The zero-order valence-corrected chi connectivity index (χ0v) is 13.1. The molecule has 6 nitrogen and oxygen atoms in total. The maximum atomic E-state index is 11.5. The van der Waals surface area contributed by atoms with Crippen LogP contribution in [0.15, 0.2) is 35.7 Å². The second kappa shape index (κ2) is 7.24. The summed E-state index contributed by atoms with van der Waals surface area (Å²) in [6.07, 6.45) is 4.88. The Labute approximate surface area is 126 Å². The SMILES string of the molecule is COCC(C)Nc1cc(-c2ccnc(S(C)=O)n2)ccn1. The minimum atomic E-state index is -1.20. The predicted octanol–water partition coefficient (Wildman–Crippen LogP) is 1.72. The van der Waals surface area contributed by atoms with Crippen LogP contribution < -0.4 is 5.32 Å². The molecule has 2 aromatic heterocycles. The van der Waals surface area contributed by atoms with E-state index in [1.54, 1.807) is 31.8 Å². The Kier molecular flexibility index (Phi) is 5.35. The van der Waals surface area contributed by atoms with Crippen LogP contribution in [0.1, 0.15) is 6.92 Å². The lowest BCUT2D eigenvalue weighted by Crippen LogP contribution is -2.21. The van der Waals surface area contributed by atoms with E-state index in [1.165, 1.54) is 0 Å². The van der Waals surface area contributed by atoms with E-state index in [0.29, 0.717) is 11.8 Å². The van der Waals surface area contributed by atoms with Crippen molar-refractivity contribution in [2.45, 2.75) is 18.1 Å². The average molecular weight is 306 g/mol. The van der Waals surface area contributed by atoms with Crippen molar-refractivity contribution in [2.75, 3.05) is 25.3 Å². The van der Waals surface area contributed by atoms with Crippen molar-refractivity contribution in [1.82, 2.24) is 15.0 Å². The number of anilines is 1. The molecule has 2 unspecified atom stereocenters. The summed E-state index contributed by atoms with van der Waals surface area (Å²) >= 11 is 0. The molecule has 0 bridgehead atoms. The van der Waals surface area contributed by atoms with Gasteiger partial charge in [0.1, 0.15) is 5.82 Å². The van der Waals surface area contributed by atoms with Gasteiger partial charge < -0.3 is 10.1 Å². The standard InChI is InChI=1S/C14H18N4O2S/c1-10(9-20-2)17-13-8-11(4-6-15-13)12-5-7-16-14(18-12)21(3)19/h4-8,10H,9H2,1-3H3,(H,15,17). The normalized spacial score (nSPS) is 13.7. The molecule has 0 radical (unpaired) electrons. The third-order valence-corrected chi connectivity index (χ3v) is 3.47. The second-order valence-corrected chi connectivity index (χ2v) is 5.88. The number of pyridine rings is 1. The predicted molar refractivity (Wildman–Crippen MR) is 82.6 cm³/mol. The summed E-state index contributed by atoms with van der Waals surface area (Å²) in [6, 6.07) is 5.70. The maximum Gasteiger partial charge on any atom is 0.218 e. The summed E-state index contributed by atoms with van der Waals surface area (Å²) in [4.78, 5) is 12.6. The molecule has 0 saturated carbocycles. The van der Waals surface area contributed by atoms with E-state index in [-0.39, 0.29) is 6.04 Å². The number of nitrogens with one attached hydrogen (secondary N) is 1. The fourth-order valence-corrected chi connectivity index (χ4v) is 2.29. The van der Waals surface area contributed by atoms with Crippen LogP contribution in [0.2, 0.25) is 0 Å². The molecule has 7 heteroatoms. The molecular formula is C14H18N4O2S. The van der Waals surface area contributed by atoms with Gasteiger partial charge in [-0.1, -0.05) is 0 Å². The highest BCUT2D eigenvalue weighted by Crippen LogP contribution is 2.19. The van der Waals surface area contributed by atoms with Gasteiger partial charge in [0.05, 0.1) is 23.1 Å². The van der Waals surface area contributed by atoms with Gasteiger partial charge in [0, 0.05) is 37.4 Å². The summed E-state index contributed by atoms with van der Waals surface area (Å²) in [7, 11) is 0.462. The van der Waals surface area contributed by atoms with Crippen molar-refractivity contribution in [2.24, 2.45) is 0 Å². The van der Waals surface area contributed by atoms with E-state index in [4.69, 9.17) is 4.74 Å². The fourth-order valence-electron chi connectivity index (χ4n) is 1.85. The smallest absolute Gasteiger partial charge is 0.218 e. The highest BCUT2D eigenvalue weighted by Gasteiger charge is 2.07. The number of hydrogen-bond acceptors (Lipinski definition) is 6. The van der Waals surface area contributed by atoms with Gasteiger partial charge in [0.2, 0.25) is 5.16 Å². The number of hydrogen-bond donors (Lipinski definition) is 1. The number of aromatic nitrogens is 3. The quantitative estimate of drug-likeness (QED) is 0.819. The molecule has 0 aliphatic rings. The lowest BCUT2D eigenvalue weighted by Gasteiger charge is -2.13. The first-order valence-corrected chi connectivity index (χ1v) is 8.04. The molecule has 0 fully saturated rings. The first kappa shape index (κ1) is 15.5. The highest BCUT2D eigenvalue weighted by molar-refractivity contribution is 7.84. The molecule has 0 saturated heterocycles. The van der Waals surface area contributed by atoms with Crippen molar-refractivity contribution in [3.63, 3.8) is 0 Å². The molecule has 1 N–H and O–H groups in total. The fraction of sp³-hybridized carbons (Fsp3) is 0.357. The van der Waals surface area contributed by atoms with Gasteiger partial charge in [0.25, 0.3) is 0 Å². The van der Waals surface area contributed by atoms with Crippen molar-refractivity contribution in [1.29, 1.82) is 0 Å². The summed E-state index contributed by atoms with van der Waals surface area (Å²) in [5.41, 5.74) is 1.62. The molecule has 0 aliphatic heterocycles. The molecule has 112 valence electrons.